The maximum absolute atomic E-state index is 12.8. The molecule has 0 spiro atoms. The molecule has 1 N–H and O–H groups in total. The third-order valence-electron chi connectivity index (χ3n) is 4.05. The van der Waals surface area contributed by atoms with E-state index in [2.05, 4.69) is 41.3 Å². The highest BCUT2D eigenvalue weighted by Crippen LogP contribution is 2.33. The summed E-state index contributed by atoms with van der Waals surface area (Å²) >= 11 is 2.97. The van der Waals surface area contributed by atoms with Crippen LogP contribution >= 0.6 is 23.1 Å². The third kappa shape index (κ3) is 3.25. The van der Waals surface area contributed by atoms with E-state index in [4.69, 9.17) is 0 Å². The Morgan fingerprint density at radius 2 is 1.77 bits per heavy atom. The summed E-state index contributed by atoms with van der Waals surface area (Å²) in [6.45, 7) is 3.98. The second kappa shape index (κ2) is 6.97. The summed E-state index contributed by atoms with van der Waals surface area (Å²) in [6.07, 6.45) is 0. The quantitative estimate of drug-likeness (QED) is 0.539. The maximum atomic E-state index is 12.8. The van der Waals surface area contributed by atoms with E-state index in [1.807, 2.05) is 42.6 Å². The topological polar surface area (TPSA) is 50.7 Å². The highest BCUT2D eigenvalue weighted by Gasteiger charge is 2.16. The average Bonchev–Trinajstić information content (AvgIpc) is 3.23. The second-order valence-electron chi connectivity index (χ2n) is 6.01. The second-order valence-corrected chi connectivity index (χ2v) is 8.12. The number of rotatable bonds is 4. The number of benzene rings is 2. The van der Waals surface area contributed by atoms with E-state index < -0.39 is 0 Å². The molecule has 2 aromatic heterocycles. The monoisotopic (exact) mass is 379 g/mol. The van der Waals surface area contributed by atoms with Crippen molar-refractivity contribution in [1.29, 1.82) is 0 Å². The molecule has 0 radical (unpaired) electrons. The van der Waals surface area contributed by atoms with Crippen molar-refractivity contribution in [1.82, 2.24) is 14.8 Å². The van der Waals surface area contributed by atoms with Gasteiger partial charge in [0.05, 0.1) is 11.4 Å². The molecule has 2 heterocycles. The van der Waals surface area contributed by atoms with E-state index in [0.717, 1.165) is 27.0 Å². The van der Waals surface area contributed by atoms with Crippen LogP contribution in [-0.2, 0) is 0 Å². The van der Waals surface area contributed by atoms with Crippen molar-refractivity contribution >= 4 is 23.1 Å². The highest BCUT2D eigenvalue weighted by molar-refractivity contribution is 8.01. The van der Waals surface area contributed by atoms with Crippen molar-refractivity contribution < 1.29 is 0 Å². The van der Waals surface area contributed by atoms with E-state index in [-0.39, 0.29) is 5.56 Å². The lowest BCUT2D eigenvalue weighted by Crippen LogP contribution is -2.15. The van der Waals surface area contributed by atoms with E-state index in [9.17, 15) is 4.79 Å². The van der Waals surface area contributed by atoms with Crippen LogP contribution in [0.2, 0.25) is 0 Å². The van der Waals surface area contributed by atoms with Crippen LogP contribution in [0.1, 0.15) is 11.3 Å². The molecule has 0 fully saturated rings. The number of thiazole rings is 1. The Kier molecular flexibility index (Phi) is 4.53. The predicted molar refractivity (Wildman–Crippen MR) is 108 cm³/mol. The first-order valence-corrected chi connectivity index (χ1v) is 9.89. The van der Waals surface area contributed by atoms with Crippen molar-refractivity contribution in [3.8, 4) is 16.9 Å². The number of hydrogen-bond donors (Lipinski definition) is 1. The standard InChI is InChI=1S/C20H17N3OS2/c1-13-8-10-15(11-9-13)17-12-25-20(21-17)26-18-14(2)22-23(19(18)24)16-6-4-3-5-7-16/h3-12,22H,1-2H3. The smallest absolute Gasteiger partial charge is 0.285 e. The minimum atomic E-state index is -0.0502. The first kappa shape index (κ1) is 16.9. The molecule has 0 atom stereocenters. The molecule has 0 unspecified atom stereocenters. The minimum Gasteiger partial charge on any atom is -0.294 e. The number of nitrogens with one attached hydrogen (secondary N) is 1. The largest absolute Gasteiger partial charge is 0.294 e. The molecule has 0 amide bonds. The van der Waals surface area contributed by atoms with Crippen molar-refractivity contribution in [3.63, 3.8) is 0 Å². The van der Waals surface area contributed by atoms with Gasteiger partial charge in [0, 0.05) is 16.6 Å². The average molecular weight is 380 g/mol. The molecular formula is C20H17N3OS2. The number of aromatic nitrogens is 3. The molecule has 0 aliphatic carbocycles. The molecule has 0 saturated heterocycles. The van der Waals surface area contributed by atoms with E-state index >= 15 is 0 Å². The third-order valence-corrected chi connectivity index (χ3v) is 6.18. The normalized spacial score (nSPS) is 11.0. The Morgan fingerprint density at radius 3 is 2.50 bits per heavy atom. The fourth-order valence-corrected chi connectivity index (χ4v) is 4.49. The van der Waals surface area contributed by atoms with Crippen LogP contribution in [0.3, 0.4) is 0 Å². The lowest BCUT2D eigenvalue weighted by molar-refractivity contribution is 0.834. The van der Waals surface area contributed by atoms with Gasteiger partial charge in [0.1, 0.15) is 4.90 Å². The Balaban J connectivity index is 1.63. The molecule has 6 heteroatoms. The fourth-order valence-electron chi connectivity index (χ4n) is 2.66. The number of aromatic amines is 1. The zero-order valence-corrected chi connectivity index (χ0v) is 16.0. The van der Waals surface area contributed by atoms with Gasteiger partial charge in [-0.15, -0.1) is 11.3 Å². The summed E-state index contributed by atoms with van der Waals surface area (Å²) in [5.74, 6) is 0. The van der Waals surface area contributed by atoms with Crippen LogP contribution in [0.25, 0.3) is 16.9 Å². The lowest BCUT2D eigenvalue weighted by atomic mass is 10.1. The number of nitrogens with zero attached hydrogens (tertiary/aromatic N) is 2. The summed E-state index contributed by atoms with van der Waals surface area (Å²) in [7, 11) is 0. The Bertz CT molecular complexity index is 1090. The maximum Gasteiger partial charge on any atom is 0.285 e. The van der Waals surface area contributed by atoms with Gasteiger partial charge in [0.2, 0.25) is 0 Å². The van der Waals surface area contributed by atoms with Crippen molar-refractivity contribution in [2.75, 3.05) is 0 Å². The van der Waals surface area contributed by atoms with Gasteiger partial charge in [-0.3, -0.25) is 9.89 Å². The number of H-pyrrole nitrogens is 1. The first-order valence-electron chi connectivity index (χ1n) is 8.19. The molecule has 0 aliphatic rings. The van der Waals surface area contributed by atoms with Crippen molar-refractivity contribution in [3.05, 3.63) is 81.6 Å². The molecule has 0 bridgehead atoms. The fraction of sp³-hybridized carbons (Fsp3) is 0.100. The first-order chi connectivity index (χ1) is 12.6. The number of hydrogen-bond acceptors (Lipinski definition) is 4. The van der Waals surface area contributed by atoms with Gasteiger partial charge in [0.15, 0.2) is 4.34 Å². The van der Waals surface area contributed by atoms with Gasteiger partial charge < -0.3 is 0 Å². The van der Waals surface area contributed by atoms with Crippen LogP contribution < -0.4 is 5.56 Å². The van der Waals surface area contributed by atoms with E-state index in [1.165, 1.54) is 17.3 Å². The van der Waals surface area contributed by atoms with Gasteiger partial charge in [-0.1, -0.05) is 59.8 Å². The Labute approximate surface area is 159 Å². The molecule has 130 valence electrons. The lowest BCUT2D eigenvalue weighted by Gasteiger charge is -1.99. The summed E-state index contributed by atoms with van der Waals surface area (Å²) in [4.78, 5) is 18.2. The molecule has 4 aromatic rings. The Hall–Kier alpha value is -2.57. The molecule has 0 aliphatic heterocycles. The zero-order valence-electron chi connectivity index (χ0n) is 14.4. The Morgan fingerprint density at radius 1 is 1.04 bits per heavy atom. The van der Waals surface area contributed by atoms with Crippen LogP contribution in [-0.4, -0.2) is 14.8 Å². The molecule has 0 saturated carbocycles. The predicted octanol–water partition coefficient (Wildman–Crippen LogP) is 5.06. The summed E-state index contributed by atoms with van der Waals surface area (Å²) in [5, 5.41) is 5.19. The van der Waals surface area contributed by atoms with Crippen molar-refractivity contribution in [2.24, 2.45) is 0 Å². The molecule has 4 nitrogen and oxygen atoms in total. The van der Waals surface area contributed by atoms with Crippen molar-refractivity contribution in [2.45, 2.75) is 23.1 Å². The molecule has 26 heavy (non-hydrogen) atoms. The van der Waals surface area contributed by atoms with E-state index in [0.29, 0.717) is 4.90 Å². The minimum absolute atomic E-state index is 0.0502. The van der Waals surface area contributed by atoms with E-state index in [1.54, 1.807) is 16.0 Å². The SMILES string of the molecule is Cc1ccc(-c2csc(Sc3c(C)[nH]n(-c4ccccc4)c3=O)n2)cc1. The van der Waals surface area contributed by atoms with Gasteiger partial charge in [-0.05, 0) is 26.0 Å². The molecule has 2 aromatic carbocycles. The summed E-state index contributed by atoms with van der Waals surface area (Å²) < 4.78 is 2.44. The van der Waals surface area contributed by atoms with Crippen LogP contribution in [0.15, 0.2) is 74.0 Å². The molecule has 4 rings (SSSR count). The summed E-state index contributed by atoms with van der Waals surface area (Å²) in [5.41, 5.74) is 4.87. The zero-order chi connectivity index (χ0) is 18.1. The van der Waals surface area contributed by atoms with Gasteiger partial charge >= 0.3 is 0 Å². The van der Waals surface area contributed by atoms with Crippen LogP contribution in [0.5, 0.6) is 0 Å². The number of para-hydroxylation sites is 1. The van der Waals surface area contributed by atoms with Gasteiger partial charge in [0.25, 0.3) is 5.56 Å². The van der Waals surface area contributed by atoms with Crippen LogP contribution in [0.4, 0.5) is 0 Å². The summed E-state index contributed by atoms with van der Waals surface area (Å²) in [6, 6.07) is 17.9. The molecular weight excluding hydrogens is 362 g/mol. The highest BCUT2D eigenvalue weighted by atomic mass is 32.2. The van der Waals surface area contributed by atoms with Crippen LogP contribution in [0, 0.1) is 13.8 Å². The van der Waals surface area contributed by atoms with Gasteiger partial charge in [-0.2, -0.15) is 0 Å². The van der Waals surface area contributed by atoms with Gasteiger partial charge in [-0.25, -0.2) is 9.67 Å². The number of aryl methyl sites for hydroxylation is 2.